The quantitative estimate of drug-likeness (QED) is 0.517. The van der Waals surface area contributed by atoms with Gasteiger partial charge in [0.25, 0.3) is 0 Å². The van der Waals surface area contributed by atoms with Gasteiger partial charge < -0.3 is 9.80 Å². The molecule has 2 fully saturated rings. The molecule has 0 spiro atoms. The number of carbonyl (C=O) groups excluding carboxylic acids is 1. The third-order valence-corrected chi connectivity index (χ3v) is 9.85. The van der Waals surface area contributed by atoms with Crippen LogP contribution in [0.4, 0.5) is 9.52 Å². The molecule has 0 saturated carbocycles. The Hall–Kier alpha value is -2.56. The predicted molar refractivity (Wildman–Crippen MR) is 136 cm³/mol. The molecule has 1 amide bonds. The minimum absolute atomic E-state index is 0.0144. The average molecular weight is 517 g/mol. The molecule has 2 aliphatic rings. The number of thiazole rings is 1. The van der Waals surface area contributed by atoms with Crippen molar-refractivity contribution in [2.45, 2.75) is 31.1 Å². The number of anilines is 1. The van der Waals surface area contributed by atoms with Crippen molar-refractivity contribution in [2.24, 2.45) is 5.92 Å². The highest BCUT2D eigenvalue weighted by Gasteiger charge is 2.36. The Labute approximate surface area is 209 Å². The van der Waals surface area contributed by atoms with Crippen LogP contribution in [0.1, 0.15) is 25.3 Å². The number of carbonyl (C=O) groups is 1. The van der Waals surface area contributed by atoms with Gasteiger partial charge in [0.15, 0.2) is 5.13 Å². The molecule has 5 rings (SSSR count). The van der Waals surface area contributed by atoms with E-state index in [1.165, 1.54) is 26.7 Å². The van der Waals surface area contributed by atoms with Crippen molar-refractivity contribution >= 4 is 42.6 Å². The maximum Gasteiger partial charge on any atom is 0.243 e. The zero-order chi connectivity index (χ0) is 24.6. The number of benzene rings is 2. The second-order valence-electron chi connectivity index (χ2n) is 9.12. The van der Waals surface area contributed by atoms with Crippen LogP contribution in [-0.4, -0.2) is 67.8 Å². The molecule has 10 heteroatoms. The monoisotopic (exact) mass is 516 g/mol. The Kier molecular flexibility index (Phi) is 6.78. The van der Waals surface area contributed by atoms with Crippen molar-refractivity contribution in [1.82, 2.24) is 14.2 Å². The second kappa shape index (κ2) is 9.83. The van der Waals surface area contributed by atoms with Crippen molar-refractivity contribution in [3.63, 3.8) is 0 Å². The van der Waals surface area contributed by atoms with E-state index in [2.05, 4.69) is 30.0 Å². The number of hydrogen-bond acceptors (Lipinski definition) is 6. The molecule has 0 N–H and O–H groups in total. The molecule has 35 heavy (non-hydrogen) atoms. The first kappa shape index (κ1) is 24.1. The lowest BCUT2D eigenvalue weighted by atomic mass is 9.98. The highest BCUT2D eigenvalue weighted by Crippen LogP contribution is 2.31. The van der Waals surface area contributed by atoms with Crippen LogP contribution in [0, 0.1) is 11.7 Å². The number of hydrogen-bond donors (Lipinski definition) is 0. The van der Waals surface area contributed by atoms with Crippen molar-refractivity contribution < 1.29 is 17.6 Å². The zero-order valence-corrected chi connectivity index (χ0v) is 21.3. The summed E-state index contributed by atoms with van der Waals surface area (Å²) in [4.78, 5) is 22.2. The van der Waals surface area contributed by atoms with Gasteiger partial charge in [0.1, 0.15) is 5.82 Å². The maximum absolute atomic E-state index is 13.3. The number of aryl methyl sites for hydroxylation is 1. The molecule has 1 atom stereocenters. The maximum atomic E-state index is 13.3. The summed E-state index contributed by atoms with van der Waals surface area (Å²) in [6.07, 6.45) is 2.29. The van der Waals surface area contributed by atoms with Crippen LogP contribution in [0.3, 0.4) is 0 Å². The minimum Gasteiger partial charge on any atom is -0.345 e. The SMILES string of the molecule is CCc1ccc2nc(N3CCN(C(=O)C4CCCN(S(=O)(=O)c5ccc(F)cc5)C4)CC3)sc2c1. The van der Waals surface area contributed by atoms with E-state index in [0.717, 1.165) is 29.2 Å². The van der Waals surface area contributed by atoms with Crippen LogP contribution in [0.25, 0.3) is 10.2 Å². The number of fused-ring (bicyclic) bond motifs is 1. The Morgan fingerprint density at radius 1 is 1.09 bits per heavy atom. The van der Waals surface area contributed by atoms with Crippen LogP contribution >= 0.6 is 11.3 Å². The van der Waals surface area contributed by atoms with E-state index in [1.54, 1.807) is 11.3 Å². The summed E-state index contributed by atoms with van der Waals surface area (Å²) in [6.45, 7) is 5.27. The fourth-order valence-corrected chi connectivity index (χ4v) is 7.41. The number of amides is 1. The lowest BCUT2D eigenvalue weighted by Crippen LogP contribution is -2.53. The number of piperazine rings is 1. The third-order valence-electron chi connectivity index (χ3n) is 6.90. The third kappa shape index (κ3) is 4.92. The van der Waals surface area contributed by atoms with Crippen LogP contribution in [0.15, 0.2) is 47.4 Å². The van der Waals surface area contributed by atoms with Gasteiger partial charge in [-0.05, 0) is 61.2 Å². The topological polar surface area (TPSA) is 73.8 Å². The lowest BCUT2D eigenvalue weighted by Gasteiger charge is -2.38. The highest BCUT2D eigenvalue weighted by molar-refractivity contribution is 7.89. The molecule has 3 heterocycles. The molecule has 1 unspecified atom stereocenters. The summed E-state index contributed by atoms with van der Waals surface area (Å²) in [7, 11) is -3.76. The van der Waals surface area contributed by atoms with Gasteiger partial charge in [-0.15, -0.1) is 0 Å². The van der Waals surface area contributed by atoms with Crippen molar-refractivity contribution in [3.05, 3.63) is 53.8 Å². The van der Waals surface area contributed by atoms with Crippen molar-refractivity contribution in [2.75, 3.05) is 44.2 Å². The second-order valence-corrected chi connectivity index (χ2v) is 12.1. The van der Waals surface area contributed by atoms with Gasteiger partial charge >= 0.3 is 0 Å². The normalized spacial score (nSPS) is 19.9. The summed E-state index contributed by atoms with van der Waals surface area (Å²) >= 11 is 1.69. The van der Waals surface area contributed by atoms with Gasteiger partial charge in [0, 0.05) is 39.3 Å². The summed E-state index contributed by atoms with van der Waals surface area (Å²) in [6, 6.07) is 11.2. The molecule has 2 saturated heterocycles. The van der Waals surface area contributed by atoms with Crippen LogP contribution in [0.2, 0.25) is 0 Å². The molecular weight excluding hydrogens is 487 g/mol. The largest absolute Gasteiger partial charge is 0.345 e. The van der Waals surface area contributed by atoms with Gasteiger partial charge in [-0.2, -0.15) is 4.31 Å². The Balaban J connectivity index is 1.21. The van der Waals surface area contributed by atoms with Crippen molar-refractivity contribution in [3.8, 4) is 0 Å². The van der Waals surface area contributed by atoms with E-state index in [-0.39, 0.29) is 23.3 Å². The van der Waals surface area contributed by atoms with E-state index in [4.69, 9.17) is 4.98 Å². The molecule has 0 bridgehead atoms. The van der Waals surface area contributed by atoms with Gasteiger partial charge in [-0.25, -0.2) is 17.8 Å². The number of halogens is 1. The molecule has 1 aromatic heterocycles. The molecule has 3 aromatic rings. The number of sulfonamides is 1. The van der Waals surface area contributed by atoms with Crippen LogP contribution in [0.5, 0.6) is 0 Å². The van der Waals surface area contributed by atoms with Crippen molar-refractivity contribution in [1.29, 1.82) is 0 Å². The summed E-state index contributed by atoms with van der Waals surface area (Å²) in [5, 5.41) is 0.981. The van der Waals surface area contributed by atoms with E-state index in [0.29, 0.717) is 45.6 Å². The molecule has 0 radical (unpaired) electrons. The number of nitrogens with zero attached hydrogens (tertiary/aromatic N) is 4. The first-order valence-electron chi connectivity index (χ1n) is 12.0. The lowest BCUT2D eigenvalue weighted by molar-refractivity contribution is -0.137. The first-order chi connectivity index (χ1) is 16.8. The molecular formula is C25H29FN4O3S2. The molecule has 2 aromatic carbocycles. The Bertz CT molecular complexity index is 1320. The summed E-state index contributed by atoms with van der Waals surface area (Å²) in [5.74, 6) is -0.827. The first-order valence-corrected chi connectivity index (χ1v) is 14.3. The fraction of sp³-hybridized carbons (Fsp3) is 0.440. The van der Waals surface area contributed by atoms with E-state index in [1.807, 2.05) is 4.90 Å². The number of rotatable bonds is 5. The Morgan fingerprint density at radius 3 is 2.54 bits per heavy atom. The average Bonchev–Trinajstić information content (AvgIpc) is 3.32. The molecule has 7 nitrogen and oxygen atoms in total. The number of aromatic nitrogens is 1. The van der Waals surface area contributed by atoms with Gasteiger partial charge in [0.05, 0.1) is 21.0 Å². The standard InChI is InChI=1S/C25H29FN4O3S2/c1-2-18-5-10-22-23(16-18)34-25(27-22)29-14-12-28(13-15-29)24(31)19-4-3-11-30(17-19)35(32,33)21-8-6-20(26)7-9-21/h5-10,16,19H,2-4,11-15,17H2,1H3. The zero-order valence-electron chi connectivity index (χ0n) is 19.7. The number of piperidine rings is 1. The van der Waals surface area contributed by atoms with Crippen LogP contribution < -0.4 is 4.90 Å². The Morgan fingerprint density at radius 2 is 1.83 bits per heavy atom. The van der Waals surface area contributed by atoms with Gasteiger partial charge in [-0.1, -0.05) is 24.3 Å². The van der Waals surface area contributed by atoms with Gasteiger partial charge in [-0.3, -0.25) is 4.79 Å². The summed E-state index contributed by atoms with van der Waals surface area (Å²) in [5.41, 5.74) is 2.30. The van der Waals surface area contributed by atoms with E-state index in [9.17, 15) is 17.6 Å². The predicted octanol–water partition coefficient (Wildman–Crippen LogP) is 3.75. The van der Waals surface area contributed by atoms with E-state index >= 15 is 0 Å². The van der Waals surface area contributed by atoms with E-state index < -0.39 is 15.8 Å². The molecule has 2 aliphatic heterocycles. The molecule has 0 aliphatic carbocycles. The molecule has 186 valence electrons. The van der Waals surface area contributed by atoms with Gasteiger partial charge in [0.2, 0.25) is 15.9 Å². The summed E-state index contributed by atoms with van der Waals surface area (Å²) < 4.78 is 41.8. The minimum atomic E-state index is -3.76. The fourth-order valence-electron chi connectivity index (χ4n) is 4.81. The highest BCUT2D eigenvalue weighted by atomic mass is 32.2. The smallest absolute Gasteiger partial charge is 0.243 e. The van der Waals surface area contributed by atoms with Crippen LogP contribution in [-0.2, 0) is 21.2 Å².